The van der Waals surface area contributed by atoms with Gasteiger partial charge in [0, 0.05) is 48.4 Å². The number of halogens is 2. The van der Waals surface area contributed by atoms with Gasteiger partial charge < -0.3 is 9.64 Å². The van der Waals surface area contributed by atoms with Crippen LogP contribution in [0.25, 0.3) is 5.57 Å². The fraction of sp³-hybridized carbons (Fsp3) is 0.333. The number of hydrogen-bond donors (Lipinski definition) is 2. The lowest BCUT2D eigenvalue weighted by atomic mass is 10.0. The van der Waals surface area contributed by atoms with Crippen molar-refractivity contribution in [3.63, 3.8) is 0 Å². The van der Waals surface area contributed by atoms with Crippen molar-refractivity contribution in [2.75, 3.05) is 27.0 Å². The van der Waals surface area contributed by atoms with E-state index >= 15 is 0 Å². The van der Waals surface area contributed by atoms with E-state index in [-0.39, 0.29) is 11.1 Å². The van der Waals surface area contributed by atoms with Crippen LogP contribution in [0.1, 0.15) is 18.9 Å². The Kier molecular flexibility index (Phi) is 14.4. The molecule has 1 atom stereocenters. The molecule has 8 heteroatoms. The maximum absolute atomic E-state index is 14.7. The van der Waals surface area contributed by atoms with Crippen molar-refractivity contribution in [2.45, 2.75) is 18.6 Å². The molecule has 0 aromatic heterocycles. The van der Waals surface area contributed by atoms with E-state index in [9.17, 15) is 8.78 Å². The van der Waals surface area contributed by atoms with E-state index in [0.29, 0.717) is 11.0 Å². The van der Waals surface area contributed by atoms with E-state index < -0.39 is 11.6 Å². The molecule has 29 heavy (non-hydrogen) atoms. The molecule has 0 saturated heterocycles. The molecule has 0 amide bonds. The summed E-state index contributed by atoms with van der Waals surface area (Å²) in [4.78, 5) is 5.10. The van der Waals surface area contributed by atoms with Gasteiger partial charge in [-0.1, -0.05) is 32.2 Å². The molecule has 0 aliphatic carbocycles. The van der Waals surface area contributed by atoms with Crippen LogP contribution in [-0.2, 0) is 4.99 Å². The number of allylic oxidation sites excluding steroid dienone is 4. The summed E-state index contributed by atoms with van der Waals surface area (Å²) >= 11 is 1.78. The Balaban J connectivity index is 0.00000139. The van der Waals surface area contributed by atoms with Gasteiger partial charge in [-0.25, -0.2) is 19.5 Å². The molecule has 162 valence electrons. The van der Waals surface area contributed by atoms with E-state index in [1.807, 2.05) is 12.5 Å². The largest absolute Gasteiger partial charge is 0.497 e. The molecule has 1 rings (SSSR count). The van der Waals surface area contributed by atoms with Crippen LogP contribution in [0.2, 0.25) is 0 Å². The summed E-state index contributed by atoms with van der Waals surface area (Å²) < 4.78 is 33.9. The summed E-state index contributed by atoms with van der Waals surface area (Å²) in [7, 11) is 3.27. The molecule has 0 fully saturated rings. The van der Waals surface area contributed by atoms with Crippen LogP contribution in [0.3, 0.4) is 0 Å². The van der Waals surface area contributed by atoms with Gasteiger partial charge in [0.1, 0.15) is 17.4 Å². The third kappa shape index (κ3) is 10.7. The normalized spacial score (nSPS) is 12.4. The maximum Gasteiger partial charge on any atom is 0.146 e. The van der Waals surface area contributed by atoms with Crippen LogP contribution in [0.15, 0.2) is 61.7 Å². The second-order valence-corrected chi connectivity index (χ2v) is 7.14. The Morgan fingerprint density at radius 1 is 1.41 bits per heavy atom. The highest BCUT2D eigenvalue weighted by Gasteiger charge is 2.14. The van der Waals surface area contributed by atoms with Gasteiger partial charge in [0.15, 0.2) is 0 Å². The zero-order chi connectivity index (χ0) is 22.2. The predicted octanol–water partition coefficient (Wildman–Crippen LogP) is 5.41. The van der Waals surface area contributed by atoms with Gasteiger partial charge in [-0.15, -0.1) is 4.99 Å². The molecule has 1 unspecified atom stereocenters. The van der Waals surface area contributed by atoms with Gasteiger partial charge in [-0.05, 0) is 24.8 Å². The molecule has 5 nitrogen and oxygen atoms in total. The molecule has 0 radical (unpaired) electrons. The minimum absolute atomic E-state index is 0.162. The van der Waals surface area contributed by atoms with Crippen LogP contribution in [0.4, 0.5) is 8.78 Å². The van der Waals surface area contributed by atoms with Gasteiger partial charge in [0.05, 0.1) is 7.11 Å². The number of nitrogens with zero attached hydrogens (tertiary/aromatic N) is 1. The van der Waals surface area contributed by atoms with Crippen LogP contribution >= 0.6 is 11.8 Å². The fourth-order valence-electron chi connectivity index (χ4n) is 2.13. The summed E-state index contributed by atoms with van der Waals surface area (Å²) in [5, 5.41) is 7.89. The van der Waals surface area contributed by atoms with Crippen molar-refractivity contribution < 1.29 is 23.8 Å². The third-order valence-corrected chi connectivity index (χ3v) is 4.81. The summed E-state index contributed by atoms with van der Waals surface area (Å²) in [6, 6.07) is 4.35. The van der Waals surface area contributed by atoms with E-state index in [2.05, 4.69) is 31.3 Å². The van der Waals surface area contributed by atoms with Crippen molar-refractivity contribution in [3.8, 4) is 5.75 Å². The summed E-state index contributed by atoms with van der Waals surface area (Å²) in [6.45, 7) is 9.60. The maximum atomic E-state index is 14.7. The van der Waals surface area contributed by atoms with E-state index in [0.717, 1.165) is 13.0 Å². The average molecular weight is 429 g/mol. The van der Waals surface area contributed by atoms with E-state index in [1.54, 1.807) is 22.7 Å². The second kappa shape index (κ2) is 15.6. The minimum atomic E-state index is -0.537. The van der Waals surface area contributed by atoms with Gasteiger partial charge in [0.2, 0.25) is 0 Å². The van der Waals surface area contributed by atoms with Gasteiger partial charge in [0.25, 0.3) is 0 Å². The second-order valence-electron chi connectivity index (χ2n) is 5.87. The molecule has 0 bridgehead atoms. The van der Waals surface area contributed by atoms with Crippen LogP contribution < -0.4 is 10.2 Å². The van der Waals surface area contributed by atoms with Gasteiger partial charge >= 0.3 is 0 Å². The van der Waals surface area contributed by atoms with Crippen LogP contribution in [-0.4, -0.2) is 42.4 Å². The number of ether oxygens (including phenoxy) is 1. The van der Waals surface area contributed by atoms with Crippen molar-refractivity contribution in [1.29, 1.82) is 0 Å². The topological polar surface area (TPSA) is 54.0 Å². The SMILES string of the molecule is C=C/C=C(\C(F)=C/N(C)CCC(C)SC)c1ccc(OC)cc1F.C=CNOO. The molecule has 0 spiro atoms. The highest BCUT2D eigenvalue weighted by molar-refractivity contribution is 7.99. The standard InChI is InChI=1S/C19H25F2NOS.C2H5NO2/c1-6-7-16(17-9-8-15(23-4)12-18(17)20)19(21)13-22(3)11-10-14(2)24-5;1-2-3-5-4/h6-9,12-14H,1,10-11H2,2-5H3;2-4H,1H2/b16-7-,19-13+;. The first-order valence-electron chi connectivity index (χ1n) is 8.78. The molecular weight excluding hydrogens is 398 g/mol. The minimum Gasteiger partial charge on any atom is -0.497 e. The number of hydrogen-bond acceptors (Lipinski definition) is 6. The molecule has 1 aromatic rings. The molecular formula is C21H30F2N2O3S. The highest BCUT2D eigenvalue weighted by Crippen LogP contribution is 2.29. The monoisotopic (exact) mass is 428 g/mol. The number of methoxy groups -OCH3 is 1. The Morgan fingerprint density at radius 2 is 2.10 bits per heavy atom. The third-order valence-electron chi connectivity index (χ3n) is 3.77. The number of rotatable bonds is 11. The smallest absolute Gasteiger partial charge is 0.146 e. The van der Waals surface area contributed by atoms with Crippen molar-refractivity contribution >= 4 is 17.3 Å². The summed E-state index contributed by atoms with van der Waals surface area (Å²) in [5.41, 5.74) is 2.27. The van der Waals surface area contributed by atoms with E-state index in [1.165, 1.54) is 43.8 Å². The average Bonchev–Trinajstić information content (AvgIpc) is 2.71. The highest BCUT2D eigenvalue weighted by atomic mass is 32.2. The molecule has 0 aliphatic rings. The van der Waals surface area contributed by atoms with Crippen LogP contribution in [0.5, 0.6) is 5.75 Å². The number of thioether (sulfide) groups is 1. The lowest BCUT2D eigenvalue weighted by molar-refractivity contribution is -0.279. The van der Waals surface area contributed by atoms with E-state index in [4.69, 9.17) is 9.99 Å². The zero-order valence-corrected chi connectivity index (χ0v) is 18.1. The van der Waals surface area contributed by atoms with Crippen LogP contribution in [0, 0.1) is 5.82 Å². The Hall–Kier alpha value is -2.29. The summed E-state index contributed by atoms with van der Waals surface area (Å²) in [5.74, 6) is -0.648. The number of benzene rings is 1. The zero-order valence-electron chi connectivity index (χ0n) is 17.3. The Morgan fingerprint density at radius 3 is 2.55 bits per heavy atom. The Labute approximate surface area is 176 Å². The number of hydroxylamine groups is 1. The molecule has 0 aliphatic heterocycles. The molecule has 1 aromatic carbocycles. The van der Waals surface area contributed by atoms with Crippen molar-refractivity contribution in [1.82, 2.24) is 10.4 Å². The first-order chi connectivity index (χ1) is 13.8. The lowest BCUT2D eigenvalue weighted by Gasteiger charge is -2.17. The quantitative estimate of drug-likeness (QED) is 0.279. The Bertz CT molecular complexity index is 697. The van der Waals surface area contributed by atoms with Gasteiger partial charge in [-0.3, -0.25) is 0 Å². The number of nitrogens with one attached hydrogen (secondary N) is 1. The molecule has 2 N–H and O–H groups in total. The predicted molar refractivity (Wildman–Crippen MR) is 118 cm³/mol. The summed E-state index contributed by atoms with van der Waals surface area (Å²) in [6.07, 6.45) is 8.51. The van der Waals surface area contributed by atoms with Gasteiger partial charge in [-0.2, -0.15) is 11.8 Å². The van der Waals surface area contributed by atoms with Crippen molar-refractivity contribution in [2.24, 2.45) is 0 Å². The lowest BCUT2D eigenvalue weighted by Crippen LogP contribution is -2.16. The first kappa shape index (κ1) is 26.7. The first-order valence-corrected chi connectivity index (χ1v) is 10.1. The molecule has 0 heterocycles. The fourth-order valence-corrected chi connectivity index (χ4v) is 2.47. The van der Waals surface area contributed by atoms with Crippen molar-refractivity contribution in [3.05, 3.63) is 73.1 Å². The molecule has 0 saturated carbocycles.